The Kier molecular flexibility index (Phi) is 5.00. The molecule has 0 unspecified atom stereocenters. The fourth-order valence-electron chi connectivity index (χ4n) is 0.456. The first kappa shape index (κ1) is 11.7. The van der Waals surface area contributed by atoms with Crippen LogP contribution in [0.3, 0.4) is 0 Å². The van der Waals surface area contributed by atoms with Gasteiger partial charge in [0.1, 0.15) is 0 Å². The smallest absolute Gasteiger partial charge is 0.151 e. The first-order valence-electron chi connectivity index (χ1n) is 2.80. The Morgan fingerprint density at radius 2 is 1.89 bits per heavy atom. The van der Waals surface area contributed by atoms with E-state index < -0.39 is 5.54 Å². The van der Waals surface area contributed by atoms with Crippen LogP contribution in [0, 0.1) is 0 Å². The van der Waals surface area contributed by atoms with Crippen molar-refractivity contribution in [1.82, 2.24) is 0 Å². The first-order valence-corrected chi connectivity index (χ1v) is 2.80. The Hall–Kier alpha value is -0.0800. The van der Waals surface area contributed by atoms with Crippen LogP contribution < -0.4 is 5.73 Å². The van der Waals surface area contributed by atoms with Gasteiger partial charge in [-0.25, -0.2) is 0 Å². The maximum absolute atomic E-state index is 10.7. The molecule has 0 bridgehead atoms. The monoisotopic (exact) mass is 151 g/mol. The molecular weight excluding hydrogens is 138 g/mol. The van der Waals surface area contributed by atoms with Gasteiger partial charge in [-0.15, -0.1) is 12.4 Å². The van der Waals surface area contributed by atoms with E-state index in [2.05, 4.69) is 0 Å². The first-order chi connectivity index (χ1) is 3.48. The summed E-state index contributed by atoms with van der Waals surface area (Å²) in [6, 6.07) is 0. The van der Waals surface area contributed by atoms with Crippen molar-refractivity contribution in [2.45, 2.75) is 32.7 Å². The molecule has 0 atom stereocenters. The minimum atomic E-state index is -0.630. The number of hydrogen-bond donors (Lipinski definition) is 1. The molecule has 0 aromatic rings. The van der Waals surface area contributed by atoms with Gasteiger partial charge in [0.25, 0.3) is 0 Å². The van der Waals surface area contributed by atoms with Gasteiger partial charge in [-0.3, -0.25) is 4.79 Å². The zero-order valence-corrected chi connectivity index (χ0v) is 6.92. The third-order valence-corrected chi connectivity index (χ3v) is 1.04. The summed E-state index contributed by atoms with van der Waals surface area (Å²) in [5.74, 6) is 0.109. The quantitative estimate of drug-likeness (QED) is 0.643. The topological polar surface area (TPSA) is 43.1 Å². The number of carbonyl (C=O) groups excluding carboxylic acids is 1. The van der Waals surface area contributed by atoms with Crippen LogP contribution in [0.15, 0.2) is 0 Å². The lowest BCUT2D eigenvalue weighted by Gasteiger charge is -2.14. The van der Waals surface area contributed by atoms with Gasteiger partial charge in [0.2, 0.25) is 0 Å². The largest absolute Gasteiger partial charge is 0.319 e. The molecule has 0 aromatic heterocycles. The molecule has 0 spiro atoms. The summed E-state index contributed by atoms with van der Waals surface area (Å²) in [6.45, 7) is 5.26. The van der Waals surface area contributed by atoms with E-state index in [0.29, 0.717) is 6.42 Å². The van der Waals surface area contributed by atoms with Crippen LogP contribution in [0.25, 0.3) is 0 Å². The SMILES string of the molecule is CCC(=O)C(C)(C)N.Cl. The van der Waals surface area contributed by atoms with Crippen LogP contribution in [0.5, 0.6) is 0 Å². The molecule has 0 aromatic carbocycles. The number of rotatable bonds is 2. The maximum Gasteiger partial charge on any atom is 0.151 e. The second-order valence-corrected chi connectivity index (χ2v) is 2.50. The highest BCUT2D eigenvalue weighted by molar-refractivity contribution is 5.86. The van der Waals surface area contributed by atoms with Crippen molar-refractivity contribution < 1.29 is 4.79 Å². The molecule has 0 saturated carbocycles. The van der Waals surface area contributed by atoms with Gasteiger partial charge < -0.3 is 5.73 Å². The molecule has 9 heavy (non-hydrogen) atoms. The van der Waals surface area contributed by atoms with Crippen LogP contribution in [-0.2, 0) is 4.79 Å². The maximum atomic E-state index is 10.7. The van der Waals surface area contributed by atoms with Crippen molar-refractivity contribution in [3.05, 3.63) is 0 Å². The number of ketones is 1. The minimum Gasteiger partial charge on any atom is -0.319 e. The molecule has 0 aliphatic heterocycles. The predicted molar refractivity (Wildman–Crippen MR) is 40.8 cm³/mol. The van der Waals surface area contributed by atoms with E-state index in [1.807, 2.05) is 6.92 Å². The van der Waals surface area contributed by atoms with E-state index in [9.17, 15) is 4.79 Å². The van der Waals surface area contributed by atoms with Crippen LogP contribution in [0.1, 0.15) is 27.2 Å². The van der Waals surface area contributed by atoms with Crippen LogP contribution >= 0.6 is 12.4 Å². The summed E-state index contributed by atoms with van der Waals surface area (Å²) < 4.78 is 0. The van der Waals surface area contributed by atoms with E-state index in [-0.39, 0.29) is 18.2 Å². The van der Waals surface area contributed by atoms with Gasteiger partial charge in [0.05, 0.1) is 5.54 Å². The molecule has 0 radical (unpaired) electrons. The number of Topliss-reactive ketones (excluding diaryl/α,β-unsaturated/α-hetero) is 1. The molecule has 0 saturated heterocycles. The van der Waals surface area contributed by atoms with Crippen molar-refractivity contribution >= 4 is 18.2 Å². The molecule has 0 rings (SSSR count). The van der Waals surface area contributed by atoms with Crippen LogP contribution in [0.2, 0.25) is 0 Å². The van der Waals surface area contributed by atoms with Gasteiger partial charge >= 0.3 is 0 Å². The third-order valence-electron chi connectivity index (χ3n) is 1.04. The molecular formula is C6H14ClNO. The van der Waals surface area contributed by atoms with Crippen molar-refractivity contribution in [3.8, 4) is 0 Å². The summed E-state index contributed by atoms with van der Waals surface area (Å²) in [4.78, 5) is 10.7. The lowest BCUT2D eigenvalue weighted by atomic mass is 9.99. The molecule has 0 aliphatic rings. The van der Waals surface area contributed by atoms with Crippen LogP contribution in [0.4, 0.5) is 0 Å². The zero-order valence-electron chi connectivity index (χ0n) is 6.10. The average Bonchev–Trinajstić information content (AvgIpc) is 1.62. The second-order valence-electron chi connectivity index (χ2n) is 2.50. The number of halogens is 1. The van der Waals surface area contributed by atoms with Gasteiger partial charge in [-0.1, -0.05) is 6.92 Å². The highest BCUT2D eigenvalue weighted by atomic mass is 35.5. The van der Waals surface area contributed by atoms with E-state index in [1.54, 1.807) is 13.8 Å². The molecule has 56 valence electrons. The molecule has 0 aliphatic carbocycles. The summed E-state index contributed by atoms with van der Waals surface area (Å²) in [6.07, 6.45) is 0.531. The third kappa shape index (κ3) is 4.43. The zero-order chi connectivity index (χ0) is 6.78. The van der Waals surface area contributed by atoms with Crippen molar-refractivity contribution in [1.29, 1.82) is 0 Å². The van der Waals surface area contributed by atoms with Crippen molar-refractivity contribution in [3.63, 3.8) is 0 Å². The number of hydrogen-bond acceptors (Lipinski definition) is 2. The Balaban J connectivity index is 0. The standard InChI is InChI=1S/C6H13NO.ClH/c1-4-5(8)6(2,3)7;/h4,7H2,1-3H3;1H. The molecule has 3 heteroatoms. The highest BCUT2D eigenvalue weighted by Crippen LogP contribution is 2.00. The number of carbonyl (C=O) groups is 1. The van der Waals surface area contributed by atoms with Gasteiger partial charge in [0, 0.05) is 6.42 Å². The summed E-state index contributed by atoms with van der Waals surface area (Å²) in [5, 5.41) is 0. The lowest BCUT2D eigenvalue weighted by Crippen LogP contribution is -2.40. The normalized spacial score (nSPS) is 10.2. The molecule has 2 nitrogen and oxygen atoms in total. The van der Waals surface area contributed by atoms with Crippen LogP contribution in [-0.4, -0.2) is 11.3 Å². The van der Waals surface area contributed by atoms with Crippen molar-refractivity contribution in [2.24, 2.45) is 5.73 Å². The van der Waals surface area contributed by atoms with Gasteiger partial charge in [-0.05, 0) is 13.8 Å². The van der Waals surface area contributed by atoms with Gasteiger partial charge in [-0.2, -0.15) is 0 Å². The lowest BCUT2D eigenvalue weighted by molar-refractivity contribution is -0.122. The average molecular weight is 152 g/mol. The van der Waals surface area contributed by atoms with Gasteiger partial charge in [0.15, 0.2) is 5.78 Å². The molecule has 0 amide bonds. The minimum absolute atomic E-state index is 0. The summed E-state index contributed by atoms with van der Waals surface area (Å²) in [5.41, 5.74) is 4.81. The molecule has 2 N–H and O–H groups in total. The Labute approximate surface area is 62.2 Å². The fraction of sp³-hybridized carbons (Fsp3) is 0.833. The van der Waals surface area contributed by atoms with E-state index in [4.69, 9.17) is 5.73 Å². The summed E-state index contributed by atoms with van der Waals surface area (Å²) in [7, 11) is 0. The van der Waals surface area contributed by atoms with E-state index in [1.165, 1.54) is 0 Å². The number of nitrogens with two attached hydrogens (primary N) is 1. The Morgan fingerprint density at radius 3 is 1.89 bits per heavy atom. The van der Waals surface area contributed by atoms with Crippen molar-refractivity contribution in [2.75, 3.05) is 0 Å². The summed E-state index contributed by atoms with van der Waals surface area (Å²) >= 11 is 0. The highest BCUT2D eigenvalue weighted by Gasteiger charge is 2.18. The second kappa shape index (κ2) is 3.85. The molecule has 0 heterocycles. The Bertz CT molecular complexity index is 95.7. The Morgan fingerprint density at radius 1 is 1.56 bits per heavy atom. The fourth-order valence-corrected chi connectivity index (χ4v) is 0.456. The molecule has 0 fully saturated rings. The van der Waals surface area contributed by atoms with E-state index in [0.717, 1.165) is 0 Å². The predicted octanol–water partition coefficient (Wildman–Crippen LogP) is 1.12. The van der Waals surface area contributed by atoms with E-state index >= 15 is 0 Å².